The first-order valence-corrected chi connectivity index (χ1v) is 6.31. The van der Waals surface area contributed by atoms with Crippen molar-refractivity contribution in [3.8, 4) is 0 Å². The van der Waals surface area contributed by atoms with Gasteiger partial charge >= 0.3 is 0 Å². The molecule has 88 valence electrons. The second-order valence-corrected chi connectivity index (χ2v) is 5.43. The molecule has 0 radical (unpaired) electrons. The van der Waals surface area contributed by atoms with Gasteiger partial charge in [0.1, 0.15) is 0 Å². The largest absolute Gasteiger partial charge is 0.327 e. The van der Waals surface area contributed by atoms with Gasteiger partial charge in [-0.25, -0.2) is 0 Å². The van der Waals surface area contributed by atoms with Crippen molar-refractivity contribution < 1.29 is 0 Å². The number of hydrogen-bond donors (Lipinski definition) is 1. The molecular formula is C12H25N3. The molecule has 2 rings (SSSR count). The van der Waals surface area contributed by atoms with Crippen LogP contribution in [0.3, 0.4) is 0 Å². The molecule has 15 heavy (non-hydrogen) atoms. The van der Waals surface area contributed by atoms with Crippen molar-refractivity contribution in [1.29, 1.82) is 0 Å². The summed E-state index contributed by atoms with van der Waals surface area (Å²) >= 11 is 0. The number of nitrogens with zero attached hydrogens (tertiary/aromatic N) is 2. The second kappa shape index (κ2) is 4.40. The Labute approximate surface area is 93.6 Å². The third-order valence-electron chi connectivity index (χ3n) is 4.52. The maximum Gasteiger partial charge on any atom is 0.0223 e. The van der Waals surface area contributed by atoms with E-state index in [1.165, 1.54) is 32.4 Å². The third kappa shape index (κ3) is 2.19. The summed E-state index contributed by atoms with van der Waals surface area (Å²) in [5, 5.41) is 0. The molecule has 0 aromatic rings. The Morgan fingerprint density at radius 3 is 2.47 bits per heavy atom. The molecule has 0 saturated carbocycles. The molecule has 0 amide bonds. The molecule has 2 aliphatic rings. The van der Waals surface area contributed by atoms with Crippen LogP contribution in [0.1, 0.15) is 33.1 Å². The van der Waals surface area contributed by atoms with Crippen molar-refractivity contribution in [3.05, 3.63) is 0 Å². The van der Waals surface area contributed by atoms with Crippen molar-refractivity contribution >= 4 is 0 Å². The van der Waals surface area contributed by atoms with Crippen molar-refractivity contribution in [2.45, 2.75) is 57.3 Å². The van der Waals surface area contributed by atoms with Crippen LogP contribution in [-0.2, 0) is 0 Å². The fraction of sp³-hybridized carbons (Fsp3) is 1.00. The number of rotatable bonds is 2. The first-order chi connectivity index (χ1) is 7.09. The highest BCUT2D eigenvalue weighted by molar-refractivity contribution is 4.93. The molecule has 2 saturated heterocycles. The zero-order valence-corrected chi connectivity index (χ0v) is 10.3. The summed E-state index contributed by atoms with van der Waals surface area (Å²) < 4.78 is 0. The lowest BCUT2D eigenvalue weighted by Crippen LogP contribution is -2.47. The summed E-state index contributed by atoms with van der Waals surface area (Å²) in [6, 6.07) is 2.42. The summed E-state index contributed by atoms with van der Waals surface area (Å²) in [7, 11) is 2.29. The molecule has 0 spiro atoms. The fourth-order valence-electron chi connectivity index (χ4n) is 3.04. The Morgan fingerprint density at radius 2 is 1.80 bits per heavy atom. The molecule has 2 bridgehead atoms. The van der Waals surface area contributed by atoms with Crippen LogP contribution in [0.5, 0.6) is 0 Å². The second-order valence-electron chi connectivity index (χ2n) is 5.43. The minimum absolute atomic E-state index is 0.284. The Morgan fingerprint density at radius 1 is 1.13 bits per heavy atom. The Hall–Kier alpha value is -0.120. The van der Waals surface area contributed by atoms with E-state index in [4.69, 9.17) is 5.73 Å². The lowest BCUT2D eigenvalue weighted by molar-refractivity contribution is 0.166. The molecule has 0 aromatic heterocycles. The fourth-order valence-corrected chi connectivity index (χ4v) is 3.04. The van der Waals surface area contributed by atoms with E-state index in [0.717, 1.165) is 12.1 Å². The number of hydrogen-bond acceptors (Lipinski definition) is 3. The van der Waals surface area contributed by atoms with Crippen LogP contribution in [0.2, 0.25) is 0 Å². The van der Waals surface area contributed by atoms with Crippen LogP contribution in [0.4, 0.5) is 0 Å². The molecule has 4 atom stereocenters. The van der Waals surface area contributed by atoms with Gasteiger partial charge in [-0.05, 0) is 40.2 Å². The minimum Gasteiger partial charge on any atom is -0.327 e. The van der Waals surface area contributed by atoms with Gasteiger partial charge in [0.2, 0.25) is 0 Å². The number of fused-ring (bicyclic) bond motifs is 2. The molecule has 0 aliphatic carbocycles. The SMILES string of the molecule is CC(N)C(C)N1CCC2CCC(C1)N2C. The average Bonchev–Trinajstić information content (AvgIpc) is 2.40. The molecule has 2 heterocycles. The Bertz CT molecular complexity index is 217. The lowest BCUT2D eigenvalue weighted by Gasteiger charge is -2.33. The van der Waals surface area contributed by atoms with E-state index in [2.05, 4.69) is 30.7 Å². The van der Waals surface area contributed by atoms with Crippen LogP contribution >= 0.6 is 0 Å². The lowest BCUT2D eigenvalue weighted by atomic mass is 10.0. The van der Waals surface area contributed by atoms with Gasteiger partial charge in [0, 0.05) is 37.3 Å². The standard InChI is InChI=1S/C12H25N3/c1-9(13)10(2)15-7-6-11-4-5-12(8-15)14(11)3/h9-12H,4-8,13H2,1-3H3. The summed E-state index contributed by atoms with van der Waals surface area (Å²) in [6.07, 6.45) is 4.11. The van der Waals surface area contributed by atoms with Crippen LogP contribution in [-0.4, -0.2) is 54.1 Å². The van der Waals surface area contributed by atoms with E-state index in [9.17, 15) is 0 Å². The summed E-state index contributed by atoms with van der Waals surface area (Å²) in [4.78, 5) is 5.18. The number of nitrogens with two attached hydrogens (primary N) is 1. The first kappa shape index (κ1) is 11.4. The monoisotopic (exact) mass is 211 g/mol. The predicted molar refractivity (Wildman–Crippen MR) is 63.9 cm³/mol. The van der Waals surface area contributed by atoms with Gasteiger partial charge < -0.3 is 5.73 Å². The van der Waals surface area contributed by atoms with Crippen LogP contribution in [0.25, 0.3) is 0 Å². The van der Waals surface area contributed by atoms with E-state index in [-0.39, 0.29) is 6.04 Å². The van der Waals surface area contributed by atoms with Gasteiger partial charge in [0.25, 0.3) is 0 Å². The molecule has 2 aliphatic heterocycles. The smallest absolute Gasteiger partial charge is 0.0223 e. The molecule has 0 aromatic carbocycles. The molecular weight excluding hydrogens is 186 g/mol. The predicted octanol–water partition coefficient (Wildman–Crippen LogP) is 0.891. The van der Waals surface area contributed by atoms with Gasteiger partial charge in [-0.2, -0.15) is 0 Å². The number of likely N-dealkylation sites (tertiary alicyclic amines) is 1. The van der Waals surface area contributed by atoms with E-state index in [1.807, 2.05) is 0 Å². The Kier molecular flexibility index (Phi) is 3.33. The van der Waals surface area contributed by atoms with Crippen molar-refractivity contribution in [2.75, 3.05) is 20.1 Å². The van der Waals surface area contributed by atoms with Gasteiger partial charge in [0.05, 0.1) is 0 Å². The highest BCUT2D eigenvalue weighted by atomic mass is 15.3. The molecule has 2 N–H and O–H groups in total. The highest BCUT2D eigenvalue weighted by Crippen LogP contribution is 2.29. The van der Waals surface area contributed by atoms with Crippen LogP contribution in [0, 0.1) is 0 Å². The summed E-state index contributed by atoms with van der Waals surface area (Å²) in [5.74, 6) is 0. The zero-order chi connectivity index (χ0) is 11.0. The first-order valence-electron chi connectivity index (χ1n) is 6.31. The topological polar surface area (TPSA) is 32.5 Å². The maximum atomic E-state index is 6.00. The minimum atomic E-state index is 0.284. The molecule has 4 unspecified atom stereocenters. The van der Waals surface area contributed by atoms with Crippen molar-refractivity contribution in [2.24, 2.45) is 5.73 Å². The van der Waals surface area contributed by atoms with E-state index in [0.29, 0.717) is 6.04 Å². The quantitative estimate of drug-likeness (QED) is 0.736. The number of likely N-dealkylation sites (N-methyl/N-ethyl adjacent to an activating group) is 1. The van der Waals surface area contributed by atoms with Crippen LogP contribution < -0.4 is 5.73 Å². The normalized spacial score (nSPS) is 37.6. The van der Waals surface area contributed by atoms with Gasteiger partial charge in [-0.1, -0.05) is 0 Å². The van der Waals surface area contributed by atoms with Crippen molar-refractivity contribution in [1.82, 2.24) is 9.80 Å². The van der Waals surface area contributed by atoms with Gasteiger partial charge in [-0.15, -0.1) is 0 Å². The average molecular weight is 211 g/mol. The highest BCUT2D eigenvalue weighted by Gasteiger charge is 2.36. The van der Waals surface area contributed by atoms with E-state index in [1.54, 1.807) is 0 Å². The Balaban J connectivity index is 2.00. The zero-order valence-electron chi connectivity index (χ0n) is 10.3. The van der Waals surface area contributed by atoms with E-state index < -0.39 is 0 Å². The summed E-state index contributed by atoms with van der Waals surface area (Å²) in [6.45, 7) is 6.84. The molecule has 2 fully saturated rings. The molecule has 3 heteroatoms. The van der Waals surface area contributed by atoms with Gasteiger partial charge in [0.15, 0.2) is 0 Å². The van der Waals surface area contributed by atoms with Crippen molar-refractivity contribution in [3.63, 3.8) is 0 Å². The maximum absolute atomic E-state index is 6.00. The third-order valence-corrected chi connectivity index (χ3v) is 4.52. The van der Waals surface area contributed by atoms with Gasteiger partial charge in [-0.3, -0.25) is 9.80 Å². The molecule has 3 nitrogen and oxygen atoms in total. The van der Waals surface area contributed by atoms with E-state index >= 15 is 0 Å². The van der Waals surface area contributed by atoms with Crippen LogP contribution in [0.15, 0.2) is 0 Å². The summed E-state index contributed by atoms with van der Waals surface area (Å²) in [5.41, 5.74) is 6.00.